The summed E-state index contributed by atoms with van der Waals surface area (Å²) in [6, 6.07) is 2.25. The highest BCUT2D eigenvalue weighted by Gasteiger charge is 2.39. The first kappa shape index (κ1) is 16.2. The number of nitrogens with two attached hydrogens (primary N) is 1. The van der Waals surface area contributed by atoms with E-state index in [1.54, 1.807) is 0 Å². The lowest BCUT2D eigenvalue weighted by Gasteiger charge is -2.34. The SMILES string of the molecule is CC(C)c1cc(-c2nc(C3(N)CCC3)no2)c2cnn(C(C)C)c2n1. The maximum atomic E-state index is 6.34. The number of fused-ring (bicyclic) bond motifs is 1. The Labute approximate surface area is 146 Å². The fourth-order valence-corrected chi connectivity index (χ4v) is 3.20. The summed E-state index contributed by atoms with van der Waals surface area (Å²) in [4.78, 5) is 9.42. The van der Waals surface area contributed by atoms with Gasteiger partial charge in [-0.3, -0.25) is 0 Å². The Morgan fingerprint density at radius 1 is 1.20 bits per heavy atom. The number of pyridine rings is 1. The van der Waals surface area contributed by atoms with Crippen molar-refractivity contribution in [2.75, 3.05) is 0 Å². The van der Waals surface area contributed by atoms with E-state index >= 15 is 0 Å². The Kier molecular flexibility index (Phi) is 3.64. The molecule has 7 nitrogen and oxygen atoms in total. The van der Waals surface area contributed by atoms with Gasteiger partial charge in [-0.2, -0.15) is 10.1 Å². The molecule has 0 amide bonds. The van der Waals surface area contributed by atoms with Gasteiger partial charge in [0.25, 0.3) is 5.89 Å². The van der Waals surface area contributed by atoms with Crippen molar-refractivity contribution in [1.82, 2.24) is 24.9 Å². The van der Waals surface area contributed by atoms with Crippen molar-refractivity contribution in [3.8, 4) is 11.5 Å². The van der Waals surface area contributed by atoms with E-state index in [2.05, 4.69) is 42.9 Å². The van der Waals surface area contributed by atoms with E-state index < -0.39 is 5.54 Å². The summed E-state index contributed by atoms with van der Waals surface area (Å²) in [6.45, 7) is 8.43. The van der Waals surface area contributed by atoms with Gasteiger partial charge >= 0.3 is 0 Å². The van der Waals surface area contributed by atoms with Crippen molar-refractivity contribution in [1.29, 1.82) is 0 Å². The highest BCUT2D eigenvalue weighted by atomic mass is 16.5. The molecule has 7 heteroatoms. The van der Waals surface area contributed by atoms with Gasteiger partial charge in [0, 0.05) is 11.7 Å². The topological polar surface area (TPSA) is 95.6 Å². The molecule has 0 aliphatic heterocycles. The molecule has 3 heterocycles. The normalized spacial score (nSPS) is 16.8. The second-order valence-electron chi connectivity index (χ2n) is 7.60. The Balaban J connectivity index is 1.88. The zero-order chi connectivity index (χ0) is 17.8. The van der Waals surface area contributed by atoms with E-state index in [9.17, 15) is 0 Å². The maximum absolute atomic E-state index is 6.34. The molecule has 132 valence electrons. The molecule has 0 saturated heterocycles. The molecular weight excluding hydrogens is 316 g/mol. The van der Waals surface area contributed by atoms with Crippen LogP contribution in [0.25, 0.3) is 22.5 Å². The monoisotopic (exact) mass is 340 g/mol. The highest BCUT2D eigenvalue weighted by molar-refractivity contribution is 5.90. The molecule has 3 aromatic rings. The Morgan fingerprint density at radius 2 is 1.96 bits per heavy atom. The first-order chi connectivity index (χ1) is 11.9. The van der Waals surface area contributed by atoms with E-state index in [1.807, 2.05) is 16.9 Å². The molecule has 0 aromatic carbocycles. The van der Waals surface area contributed by atoms with Crippen LogP contribution in [0.1, 0.15) is 70.4 Å². The van der Waals surface area contributed by atoms with Crippen molar-refractivity contribution in [3.63, 3.8) is 0 Å². The van der Waals surface area contributed by atoms with Gasteiger partial charge in [0.1, 0.15) is 0 Å². The van der Waals surface area contributed by atoms with Crippen LogP contribution < -0.4 is 5.73 Å². The smallest absolute Gasteiger partial charge is 0.258 e. The molecule has 0 unspecified atom stereocenters. The summed E-state index contributed by atoms with van der Waals surface area (Å²) in [5, 5.41) is 9.58. The molecule has 0 radical (unpaired) electrons. The second-order valence-corrected chi connectivity index (χ2v) is 7.60. The van der Waals surface area contributed by atoms with Gasteiger partial charge in [0.05, 0.1) is 22.7 Å². The minimum absolute atomic E-state index is 0.223. The summed E-state index contributed by atoms with van der Waals surface area (Å²) in [5.41, 5.74) is 8.61. The number of hydrogen-bond acceptors (Lipinski definition) is 6. The van der Waals surface area contributed by atoms with Crippen molar-refractivity contribution in [2.45, 2.75) is 64.5 Å². The summed E-state index contributed by atoms with van der Waals surface area (Å²) < 4.78 is 7.51. The number of rotatable bonds is 4. The largest absolute Gasteiger partial charge is 0.334 e. The third-order valence-electron chi connectivity index (χ3n) is 5.01. The van der Waals surface area contributed by atoms with Crippen LogP contribution in [0.3, 0.4) is 0 Å². The zero-order valence-corrected chi connectivity index (χ0v) is 15.2. The van der Waals surface area contributed by atoms with Gasteiger partial charge in [-0.1, -0.05) is 19.0 Å². The first-order valence-corrected chi connectivity index (χ1v) is 8.90. The Morgan fingerprint density at radius 3 is 2.56 bits per heavy atom. The van der Waals surface area contributed by atoms with Crippen LogP contribution >= 0.6 is 0 Å². The lowest BCUT2D eigenvalue weighted by molar-refractivity contribution is 0.229. The van der Waals surface area contributed by atoms with Gasteiger partial charge in [0.15, 0.2) is 11.5 Å². The Hall–Kier alpha value is -2.28. The van der Waals surface area contributed by atoms with Crippen LogP contribution in [0, 0.1) is 0 Å². The molecule has 0 atom stereocenters. The highest BCUT2D eigenvalue weighted by Crippen LogP contribution is 2.38. The molecule has 2 N–H and O–H groups in total. The van der Waals surface area contributed by atoms with Crippen LogP contribution in [0.15, 0.2) is 16.8 Å². The molecule has 1 saturated carbocycles. The minimum atomic E-state index is -0.434. The number of nitrogens with zero attached hydrogens (tertiary/aromatic N) is 5. The van der Waals surface area contributed by atoms with Crippen LogP contribution in [0.4, 0.5) is 0 Å². The zero-order valence-electron chi connectivity index (χ0n) is 15.2. The van der Waals surface area contributed by atoms with Gasteiger partial charge in [-0.05, 0) is 45.1 Å². The summed E-state index contributed by atoms with van der Waals surface area (Å²) in [6.07, 6.45) is 4.74. The van der Waals surface area contributed by atoms with E-state index in [0.717, 1.165) is 41.6 Å². The standard InChI is InChI=1S/C18H24N6O/c1-10(2)14-8-12(13-9-20-24(11(3)4)15(13)21-14)16-22-17(23-25-16)18(19)6-5-7-18/h8-11H,5-7,19H2,1-4H3. The molecule has 0 spiro atoms. The third kappa shape index (κ3) is 2.54. The summed E-state index contributed by atoms with van der Waals surface area (Å²) in [7, 11) is 0. The molecule has 1 aliphatic rings. The fraction of sp³-hybridized carbons (Fsp3) is 0.556. The minimum Gasteiger partial charge on any atom is -0.334 e. The van der Waals surface area contributed by atoms with Crippen LogP contribution in [-0.4, -0.2) is 24.9 Å². The number of hydrogen-bond donors (Lipinski definition) is 1. The van der Waals surface area contributed by atoms with Gasteiger partial charge in [-0.25, -0.2) is 9.67 Å². The lowest BCUT2D eigenvalue weighted by atomic mass is 9.77. The summed E-state index contributed by atoms with van der Waals surface area (Å²) in [5.74, 6) is 1.37. The molecule has 25 heavy (non-hydrogen) atoms. The van der Waals surface area contributed by atoms with Gasteiger partial charge in [-0.15, -0.1) is 0 Å². The van der Waals surface area contributed by atoms with E-state index in [1.165, 1.54) is 0 Å². The second kappa shape index (κ2) is 5.62. The maximum Gasteiger partial charge on any atom is 0.258 e. The lowest BCUT2D eigenvalue weighted by Crippen LogP contribution is -2.44. The molecular formula is C18H24N6O. The van der Waals surface area contributed by atoms with Crippen molar-refractivity contribution in [2.24, 2.45) is 5.73 Å². The number of aromatic nitrogens is 5. The van der Waals surface area contributed by atoms with Crippen LogP contribution in [-0.2, 0) is 5.54 Å². The van der Waals surface area contributed by atoms with Crippen molar-refractivity contribution < 1.29 is 4.52 Å². The molecule has 1 aliphatic carbocycles. The van der Waals surface area contributed by atoms with E-state index in [0.29, 0.717) is 11.7 Å². The molecule has 3 aromatic heterocycles. The van der Waals surface area contributed by atoms with Crippen LogP contribution in [0.2, 0.25) is 0 Å². The molecule has 0 bridgehead atoms. The summed E-state index contributed by atoms with van der Waals surface area (Å²) >= 11 is 0. The average Bonchev–Trinajstić information content (AvgIpc) is 3.18. The van der Waals surface area contributed by atoms with Crippen molar-refractivity contribution >= 4 is 11.0 Å². The van der Waals surface area contributed by atoms with E-state index in [4.69, 9.17) is 15.2 Å². The predicted molar refractivity (Wildman–Crippen MR) is 95.0 cm³/mol. The van der Waals surface area contributed by atoms with E-state index in [-0.39, 0.29) is 12.0 Å². The van der Waals surface area contributed by atoms with Gasteiger partial charge in [0.2, 0.25) is 0 Å². The van der Waals surface area contributed by atoms with Crippen molar-refractivity contribution in [3.05, 3.63) is 23.8 Å². The first-order valence-electron chi connectivity index (χ1n) is 8.90. The quantitative estimate of drug-likeness (QED) is 0.780. The fourth-order valence-electron chi connectivity index (χ4n) is 3.20. The van der Waals surface area contributed by atoms with Gasteiger partial charge < -0.3 is 10.3 Å². The third-order valence-corrected chi connectivity index (χ3v) is 5.01. The molecule has 4 rings (SSSR count). The molecule has 1 fully saturated rings. The predicted octanol–water partition coefficient (Wildman–Crippen LogP) is 3.52. The van der Waals surface area contributed by atoms with Crippen LogP contribution in [0.5, 0.6) is 0 Å². The Bertz CT molecular complexity index is 919. The average molecular weight is 340 g/mol.